The first kappa shape index (κ1) is 15.4. The Morgan fingerprint density at radius 3 is 2.95 bits per heavy atom. The second-order valence-corrected chi connectivity index (χ2v) is 7.18. The van der Waals surface area contributed by atoms with E-state index in [4.69, 9.17) is 16.3 Å². The Hall–Kier alpha value is -1.48. The Morgan fingerprint density at radius 1 is 1.45 bits per heavy atom. The summed E-state index contributed by atoms with van der Waals surface area (Å²) in [6.07, 6.45) is 4.53. The van der Waals surface area contributed by atoms with Crippen LogP contribution in [0.5, 0.6) is 0 Å². The number of ether oxygens (including phenoxy) is 1. The summed E-state index contributed by atoms with van der Waals surface area (Å²) in [5.74, 6) is 0. The minimum atomic E-state index is -3.71. The van der Waals surface area contributed by atoms with Crippen LogP contribution in [0.2, 0.25) is 5.02 Å². The molecule has 2 aromatic rings. The lowest BCUT2D eigenvalue weighted by Gasteiger charge is -2.20. The van der Waals surface area contributed by atoms with E-state index >= 15 is 0 Å². The SMILES string of the molecule is Cn1nccc1[C@H]1OCC[C@@H]1NS(=O)(=O)c1cncc(Cl)c1. The molecule has 0 radical (unpaired) electrons. The number of pyridine rings is 1. The van der Waals surface area contributed by atoms with Crippen LogP contribution in [-0.4, -0.2) is 35.8 Å². The lowest BCUT2D eigenvalue weighted by molar-refractivity contribution is 0.0959. The summed E-state index contributed by atoms with van der Waals surface area (Å²) in [6, 6.07) is 2.82. The quantitative estimate of drug-likeness (QED) is 0.904. The smallest absolute Gasteiger partial charge is 0.242 e. The lowest BCUT2D eigenvalue weighted by atomic mass is 10.1. The zero-order valence-corrected chi connectivity index (χ0v) is 13.4. The maximum atomic E-state index is 12.5. The average molecular weight is 343 g/mol. The predicted octanol–water partition coefficient (Wildman–Crippen LogP) is 1.28. The van der Waals surface area contributed by atoms with Crippen LogP contribution in [0.3, 0.4) is 0 Å². The third kappa shape index (κ3) is 3.00. The van der Waals surface area contributed by atoms with Crippen molar-refractivity contribution in [1.29, 1.82) is 0 Å². The molecule has 0 bridgehead atoms. The van der Waals surface area contributed by atoms with Gasteiger partial charge in [0.15, 0.2) is 0 Å². The number of hydrogen-bond acceptors (Lipinski definition) is 5. The van der Waals surface area contributed by atoms with Gasteiger partial charge in [-0.05, 0) is 18.6 Å². The Labute approximate surface area is 133 Å². The largest absolute Gasteiger partial charge is 0.370 e. The highest BCUT2D eigenvalue weighted by atomic mass is 35.5. The van der Waals surface area contributed by atoms with Gasteiger partial charge in [0.05, 0.1) is 16.8 Å². The van der Waals surface area contributed by atoms with Crippen molar-refractivity contribution in [3.63, 3.8) is 0 Å². The van der Waals surface area contributed by atoms with Crippen molar-refractivity contribution in [2.24, 2.45) is 7.05 Å². The molecular weight excluding hydrogens is 328 g/mol. The van der Waals surface area contributed by atoms with Gasteiger partial charge < -0.3 is 4.74 Å². The highest BCUT2D eigenvalue weighted by Crippen LogP contribution is 2.29. The van der Waals surface area contributed by atoms with E-state index in [-0.39, 0.29) is 22.1 Å². The summed E-state index contributed by atoms with van der Waals surface area (Å²) in [5, 5.41) is 4.37. The molecule has 3 rings (SSSR count). The van der Waals surface area contributed by atoms with Gasteiger partial charge in [0.25, 0.3) is 0 Å². The second-order valence-electron chi connectivity index (χ2n) is 5.03. The molecule has 0 amide bonds. The summed E-state index contributed by atoms with van der Waals surface area (Å²) in [4.78, 5) is 3.85. The minimum Gasteiger partial charge on any atom is -0.370 e. The highest BCUT2D eigenvalue weighted by Gasteiger charge is 2.35. The van der Waals surface area contributed by atoms with Crippen LogP contribution in [0.4, 0.5) is 0 Å². The van der Waals surface area contributed by atoms with Crippen molar-refractivity contribution in [3.05, 3.63) is 41.4 Å². The number of nitrogens with one attached hydrogen (secondary N) is 1. The highest BCUT2D eigenvalue weighted by molar-refractivity contribution is 7.89. The van der Waals surface area contributed by atoms with Crippen molar-refractivity contribution in [2.45, 2.75) is 23.5 Å². The maximum absolute atomic E-state index is 12.5. The minimum absolute atomic E-state index is 0.0376. The standard InChI is InChI=1S/C13H15ClN4O3S/c1-18-12(2-4-16-18)13-11(3-5-21-13)17-22(19,20)10-6-9(14)7-15-8-10/h2,4,6-8,11,13,17H,3,5H2,1H3/t11-,13-/m0/s1. The van der Waals surface area contributed by atoms with E-state index in [2.05, 4.69) is 14.8 Å². The third-order valence-electron chi connectivity index (χ3n) is 3.54. The fourth-order valence-electron chi connectivity index (χ4n) is 2.47. The van der Waals surface area contributed by atoms with E-state index in [1.807, 2.05) is 6.07 Å². The van der Waals surface area contributed by atoms with Crippen molar-refractivity contribution >= 4 is 21.6 Å². The van der Waals surface area contributed by atoms with Gasteiger partial charge >= 0.3 is 0 Å². The van der Waals surface area contributed by atoms with Gasteiger partial charge in [0.1, 0.15) is 11.0 Å². The molecule has 0 saturated carbocycles. The first-order chi connectivity index (χ1) is 10.5. The van der Waals surface area contributed by atoms with Crippen LogP contribution in [0.1, 0.15) is 18.2 Å². The predicted molar refractivity (Wildman–Crippen MR) is 79.9 cm³/mol. The number of hydrogen-bond donors (Lipinski definition) is 1. The van der Waals surface area contributed by atoms with Gasteiger partial charge in [0.2, 0.25) is 10.0 Å². The molecule has 0 aliphatic carbocycles. The molecule has 118 valence electrons. The van der Waals surface area contributed by atoms with E-state index in [1.165, 1.54) is 18.5 Å². The van der Waals surface area contributed by atoms with Crippen molar-refractivity contribution in [3.8, 4) is 0 Å². The van der Waals surface area contributed by atoms with Gasteiger partial charge in [-0.1, -0.05) is 11.6 Å². The molecule has 2 atom stereocenters. The summed E-state index contributed by atoms with van der Waals surface area (Å²) in [6.45, 7) is 0.483. The van der Waals surface area contributed by atoms with Crippen LogP contribution in [-0.2, 0) is 21.8 Å². The van der Waals surface area contributed by atoms with Crippen LogP contribution in [0.25, 0.3) is 0 Å². The zero-order chi connectivity index (χ0) is 15.7. The van der Waals surface area contributed by atoms with Gasteiger partial charge in [-0.25, -0.2) is 13.1 Å². The number of rotatable bonds is 4. The molecule has 7 nitrogen and oxygen atoms in total. The van der Waals surface area contributed by atoms with Crippen LogP contribution < -0.4 is 4.72 Å². The van der Waals surface area contributed by atoms with Gasteiger partial charge in [-0.3, -0.25) is 9.67 Å². The van der Waals surface area contributed by atoms with Crippen molar-refractivity contribution in [1.82, 2.24) is 19.5 Å². The average Bonchev–Trinajstić information content (AvgIpc) is 3.07. The fourth-order valence-corrected chi connectivity index (χ4v) is 3.97. The molecule has 3 heterocycles. The van der Waals surface area contributed by atoms with Crippen molar-refractivity contribution < 1.29 is 13.2 Å². The van der Waals surface area contributed by atoms with E-state index < -0.39 is 10.0 Å². The molecule has 1 aliphatic rings. The van der Waals surface area contributed by atoms with E-state index in [0.29, 0.717) is 13.0 Å². The van der Waals surface area contributed by atoms with E-state index in [1.54, 1.807) is 17.9 Å². The molecule has 0 aromatic carbocycles. The lowest BCUT2D eigenvalue weighted by Crippen LogP contribution is -2.37. The van der Waals surface area contributed by atoms with E-state index in [9.17, 15) is 8.42 Å². The maximum Gasteiger partial charge on any atom is 0.242 e. The molecule has 1 fully saturated rings. The molecule has 9 heteroatoms. The number of aryl methyl sites for hydroxylation is 1. The fraction of sp³-hybridized carbons (Fsp3) is 0.385. The molecular formula is C13H15ClN4O3S. The topological polar surface area (TPSA) is 86.1 Å². The first-order valence-electron chi connectivity index (χ1n) is 6.70. The van der Waals surface area contributed by atoms with E-state index in [0.717, 1.165) is 5.69 Å². The monoisotopic (exact) mass is 342 g/mol. The number of halogens is 1. The Bertz CT molecular complexity index is 777. The Morgan fingerprint density at radius 2 is 2.27 bits per heavy atom. The number of nitrogens with zero attached hydrogens (tertiary/aromatic N) is 3. The van der Waals surface area contributed by atoms with Crippen LogP contribution in [0.15, 0.2) is 35.6 Å². The van der Waals surface area contributed by atoms with Crippen molar-refractivity contribution in [2.75, 3.05) is 6.61 Å². The third-order valence-corrected chi connectivity index (χ3v) is 5.20. The molecule has 0 spiro atoms. The molecule has 2 aromatic heterocycles. The molecule has 22 heavy (non-hydrogen) atoms. The Kier molecular flexibility index (Phi) is 4.18. The zero-order valence-electron chi connectivity index (χ0n) is 11.8. The van der Waals surface area contributed by atoms with Gasteiger partial charge in [-0.15, -0.1) is 0 Å². The number of sulfonamides is 1. The first-order valence-corrected chi connectivity index (χ1v) is 8.56. The summed E-state index contributed by atoms with van der Waals surface area (Å²) in [5.41, 5.74) is 0.828. The van der Waals surface area contributed by atoms with Crippen LogP contribution in [0, 0.1) is 0 Å². The van der Waals surface area contributed by atoms with Gasteiger partial charge in [-0.2, -0.15) is 5.10 Å². The summed E-state index contributed by atoms with van der Waals surface area (Å²) < 4.78 is 34.9. The second kappa shape index (κ2) is 5.96. The number of aromatic nitrogens is 3. The molecule has 1 saturated heterocycles. The summed E-state index contributed by atoms with van der Waals surface area (Å²) in [7, 11) is -1.91. The molecule has 1 aliphatic heterocycles. The molecule has 0 unspecified atom stereocenters. The summed E-state index contributed by atoms with van der Waals surface area (Å²) >= 11 is 5.81. The van der Waals surface area contributed by atoms with Crippen LogP contribution >= 0.6 is 11.6 Å². The van der Waals surface area contributed by atoms with Gasteiger partial charge in [0, 0.05) is 32.2 Å². The Balaban J connectivity index is 1.84. The normalized spacial score (nSPS) is 22.1. The molecule has 1 N–H and O–H groups in total.